The fourth-order valence-corrected chi connectivity index (χ4v) is 8.97. The van der Waals surface area contributed by atoms with Gasteiger partial charge in [0.05, 0.1) is 5.69 Å². The van der Waals surface area contributed by atoms with Gasteiger partial charge in [-0.3, -0.25) is 0 Å². The van der Waals surface area contributed by atoms with Gasteiger partial charge in [-0.15, -0.1) is 0 Å². The van der Waals surface area contributed by atoms with Crippen molar-refractivity contribution in [1.29, 1.82) is 0 Å². The highest BCUT2D eigenvalue weighted by Crippen LogP contribution is 2.56. The van der Waals surface area contributed by atoms with Gasteiger partial charge < -0.3 is 9.32 Å². The molecular weight excluding hydrogens is 619 g/mol. The Labute approximate surface area is 300 Å². The zero-order chi connectivity index (χ0) is 33.8. The Bertz CT molecular complexity index is 2670. The number of anilines is 3. The number of nitrogens with zero attached hydrogens (tertiary/aromatic N) is 1. The fourth-order valence-electron chi connectivity index (χ4n) is 8.97. The molecule has 0 saturated heterocycles. The maximum absolute atomic E-state index is 6.52. The third kappa shape index (κ3) is 4.36. The molecule has 0 atom stereocenters. The Balaban J connectivity index is 0.00000348. The van der Waals surface area contributed by atoms with Crippen LogP contribution in [-0.2, 0) is 10.8 Å². The second-order valence-corrected chi connectivity index (χ2v) is 14.9. The summed E-state index contributed by atoms with van der Waals surface area (Å²) in [4.78, 5) is 2.48. The molecule has 1 heterocycles. The molecule has 2 heteroatoms. The van der Waals surface area contributed by atoms with Crippen molar-refractivity contribution in [2.75, 3.05) is 4.90 Å². The molecule has 2 aliphatic carbocycles. The summed E-state index contributed by atoms with van der Waals surface area (Å²) in [5.74, 6) is 0. The van der Waals surface area contributed by atoms with Crippen LogP contribution in [0, 0.1) is 0 Å². The summed E-state index contributed by atoms with van der Waals surface area (Å²) in [6.45, 7) is 9.43. The number of hydrogen-bond donors (Lipinski definition) is 0. The highest BCUT2D eigenvalue weighted by Gasteiger charge is 2.39. The van der Waals surface area contributed by atoms with Crippen molar-refractivity contribution >= 4 is 39.0 Å². The zero-order valence-electron chi connectivity index (χ0n) is 28.8. The van der Waals surface area contributed by atoms with Crippen LogP contribution in [0.2, 0.25) is 0 Å². The van der Waals surface area contributed by atoms with Gasteiger partial charge in [-0.2, -0.15) is 0 Å². The van der Waals surface area contributed by atoms with E-state index in [1.807, 2.05) is 6.07 Å². The van der Waals surface area contributed by atoms with Crippen LogP contribution < -0.4 is 4.90 Å². The van der Waals surface area contributed by atoms with Crippen LogP contribution in [0.3, 0.4) is 0 Å². The lowest BCUT2D eigenvalue weighted by Gasteiger charge is -2.30. The molecule has 0 amide bonds. The number of hydrogen-bond acceptors (Lipinski definition) is 2. The van der Waals surface area contributed by atoms with Gasteiger partial charge in [0.25, 0.3) is 0 Å². The second kappa shape index (κ2) is 11.1. The molecule has 0 aliphatic heterocycles. The Kier molecular flexibility index (Phi) is 6.76. The van der Waals surface area contributed by atoms with E-state index in [-0.39, 0.29) is 18.3 Å². The minimum atomic E-state index is -0.111. The molecule has 7 aromatic carbocycles. The first kappa shape index (κ1) is 31.1. The van der Waals surface area contributed by atoms with Crippen molar-refractivity contribution in [1.82, 2.24) is 0 Å². The van der Waals surface area contributed by atoms with Crippen LogP contribution in [0.4, 0.5) is 17.1 Å². The standard InChI is InChI=1S/C48H37NO.CH4/c1-47(2)40-22-9-6-18-38(40)45-41(47)23-13-24-43(45)49(32-26-27-35-34-16-5-8-21-39(34)48(3,4)42(35)29-32)31-15-11-14-30(28-31)33-19-12-20-37-36-17-7-10-25-44(36)50-46(33)37;/h5-29H,1-4H3;1H4. The van der Waals surface area contributed by atoms with E-state index < -0.39 is 0 Å². The molecular formula is C49H41NO. The van der Waals surface area contributed by atoms with Crippen LogP contribution in [0.5, 0.6) is 0 Å². The first-order valence-electron chi connectivity index (χ1n) is 17.6. The molecule has 10 rings (SSSR count). The quantitative estimate of drug-likeness (QED) is 0.187. The molecule has 2 aliphatic rings. The van der Waals surface area contributed by atoms with E-state index >= 15 is 0 Å². The first-order chi connectivity index (χ1) is 24.3. The van der Waals surface area contributed by atoms with Crippen LogP contribution in [-0.4, -0.2) is 0 Å². The lowest BCUT2D eigenvalue weighted by atomic mass is 9.82. The van der Waals surface area contributed by atoms with E-state index in [4.69, 9.17) is 4.42 Å². The van der Waals surface area contributed by atoms with E-state index in [9.17, 15) is 0 Å². The van der Waals surface area contributed by atoms with Gasteiger partial charge in [0.1, 0.15) is 11.2 Å². The second-order valence-electron chi connectivity index (χ2n) is 14.9. The molecule has 0 radical (unpaired) electrons. The van der Waals surface area contributed by atoms with E-state index in [0.717, 1.165) is 44.4 Å². The van der Waals surface area contributed by atoms with Crippen molar-refractivity contribution < 1.29 is 4.42 Å². The summed E-state index contributed by atoms with van der Waals surface area (Å²) in [6, 6.07) is 55.6. The van der Waals surface area contributed by atoms with Crippen molar-refractivity contribution in [2.45, 2.75) is 46.0 Å². The van der Waals surface area contributed by atoms with Crippen LogP contribution in [0.15, 0.2) is 156 Å². The van der Waals surface area contributed by atoms with E-state index in [0.29, 0.717) is 0 Å². The Morgan fingerprint density at radius 2 is 1.04 bits per heavy atom. The summed E-state index contributed by atoms with van der Waals surface area (Å²) in [5.41, 5.74) is 18.0. The average molecular weight is 660 g/mol. The predicted octanol–water partition coefficient (Wildman–Crippen LogP) is 14.0. The molecule has 0 saturated carbocycles. The topological polar surface area (TPSA) is 16.4 Å². The lowest BCUT2D eigenvalue weighted by molar-refractivity contribution is 0.660. The van der Waals surface area contributed by atoms with Gasteiger partial charge in [-0.25, -0.2) is 0 Å². The van der Waals surface area contributed by atoms with Crippen molar-refractivity contribution in [2.24, 2.45) is 0 Å². The van der Waals surface area contributed by atoms with Gasteiger partial charge in [-0.1, -0.05) is 150 Å². The van der Waals surface area contributed by atoms with Gasteiger partial charge in [0, 0.05) is 44.1 Å². The van der Waals surface area contributed by atoms with Gasteiger partial charge in [-0.05, 0) is 80.9 Å². The molecule has 0 unspecified atom stereocenters. The van der Waals surface area contributed by atoms with Gasteiger partial charge in [0.2, 0.25) is 0 Å². The highest BCUT2D eigenvalue weighted by molar-refractivity contribution is 6.09. The third-order valence-electron chi connectivity index (χ3n) is 11.5. The molecule has 0 bridgehead atoms. The Morgan fingerprint density at radius 3 is 1.88 bits per heavy atom. The van der Waals surface area contributed by atoms with Crippen molar-refractivity contribution in [3.8, 4) is 33.4 Å². The van der Waals surface area contributed by atoms with Gasteiger partial charge >= 0.3 is 0 Å². The summed E-state index contributed by atoms with van der Waals surface area (Å²) in [6.07, 6.45) is 0. The molecule has 51 heavy (non-hydrogen) atoms. The number of rotatable bonds is 4. The molecule has 1 aromatic heterocycles. The summed E-state index contributed by atoms with van der Waals surface area (Å²) in [7, 11) is 0. The summed E-state index contributed by atoms with van der Waals surface area (Å²) in [5, 5.41) is 2.28. The van der Waals surface area contributed by atoms with Crippen LogP contribution in [0.25, 0.3) is 55.3 Å². The van der Waals surface area contributed by atoms with Gasteiger partial charge in [0.15, 0.2) is 0 Å². The Hall–Kier alpha value is -5.86. The SMILES string of the molecule is C.CC1(C)c2ccccc2-c2ccc(N(c3cccc(-c4cccc5c4oc4ccccc45)c3)c3cccc4c3-c3ccccc3C4(C)C)cc21. The number of para-hydroxylation sites is 2. The van der Waals surface area contributed by atoms with E-state index in [1.165, 1.54) is 50.2 Å². The molecule has 8 aromatic rings. The predicted molar refractivity (Wildman–Crippen MR) is 216 cm³/mol. The monoisotopic (exact) mass is 659 g/mol. The number of fused-ring (bicyclic) bond motifs is 9. The Morgan fingerprint density at radius 1 is 0.451 bits per heavy atom. The normalized spacial score (nSPS) is 14.4. The summed E-state index contributed by atoms with van der Waals surface area (Å²) < 4.78 is 6.52. The molecule has 0 fully saturated rings. The summed E-state index contributed by atoms with van der Waals surface area (Å²) >= 11 is 0. The van der Waals surface area contributed by atoms with Crippen LogP contribution >= 0.6 is 0 Å². The van der Waals surface area contributed by atoms with Crippen molar-refractivity contribution in [3.05, 3.63) is 174 Å². The lowest BCUT2D eigenvalue weighted by Crippen LogP contribution is -2.17. The van der Waals surface area contributed by atoms with E-state index in [1.54, 1.807) is 0 Å². The minimum absolute atomic E-state index is 0. The molecule has 248 valence electrons. The minimum Gasteiger partial charge on any atom is -0.455 e. The smallest absolute Gasteiger partial charge is 0.143 e. The zero-order valence-corrected chi connectivity index (χ0v) is 28.8. The maximum Gasteiger partial charge on any atom is 0.143 e. The van der Waals surface area contributed by atoms with Crippen molar-refractivity contribution in [3.63, 3.8) is 0 Å². The fraction of sp³-hybridized carbons (Fsp3) is 0.143. The maximum atomic E-state index is 6.52. The highest BCUT2D eigenvalue weighted by atomic mass is 16.3. The van der Waals surface area contributed by atoms with Crippen LogP contribution in [0.1, 0.15) is 57.4 Å². The van der Waals surface area contributed by atoms with E-state index in [2.05, 4.69) is 178 Å². The average Bonchev–Trinajstić information content (AvgIpc) is 3.72. The number of furan rings is 1. The molecule has 0 spiro atoms. The largest absolute Gasteiger partial charge is 0.455 e. The molecule has 2 nitrogen and oxygen atoms in total. The number of benzene rings is 7. The first-order valence-corrected chi connectivity index (χ1v) is 17.6. The third-order valence-corrected chi connectivity index (χ3v) is 11.5. The molecule has 0 N–H and O–H groups in total.